The van der Waals surface area contributed by atoms with Crippen LogP contribution in [0.1, 0.15) is 71.1 Å². The van der Waals surface area contributed by atoms with Gasteiger partial charge in [0.2, 0.25) is 11.8 Å². The number of carbonyl (C=O) groups is 3. The minimum absolute atomic E-state index is 0.0173. The lowest BCUT2D eigenvalue weighted by molar-refractivity contribution is -0.137. The first-order chi connectivity index (χ1) is 14.5. The van der Waals surface area contributed by atoms with Crippen LogP contribution in [0.5, 0.6) is 0 Å². The second kappa shape index (κ2) is 11.1. The molecule has 3 heterocycles. The van der Waals surface area contributed by atoms with Crippen LogP contribution in [0, 0.1) is 11.8 Å². The van der Waals surface area contributed by atoms with E-state index in [1.807, 2.05) is 0 Å². The van der Waals surface area contributed by atoms with E-state index < -0.39 is 5.97 Å². The molecule has 3 rings (SSSR count). The molecule has 2 amide bonds. The van der Waals surface area contributed by atoms with Gasteiger partial charge in [0.05, 0.1) is 18.8 Å². The highest BCUT2D eigenvalue weighted by Gasteiger charge is 2.68. The van der Waals surface area contributed by atoms with Gasteiger partial charge in [-0.2, -0.15) is 0 Å². The standard InChI is InChI=1S/C22H36N2O6/c1-2-3-6-10-16(25)24-13-17(26)23-12-15-14(9-7-4-5-8-11-18(27)28)19-21-22(30-21)20(15)29-19/h14-15,19-22H,2-13H2,1H3,(H,23,26)(H,24,25)(H,27,28)/t14-,15+,19+,20-,21-,22+/m0/s1. The molecule has 3 aliphatic rings. The number of carboxylic acids is 1. The molecule has 8 heteroatoms. The van der Waals surface area contributed by atoms with Crippen LogP contribution in [0.3, 0.4) is 0 Å². The summed E-state index contributed by atoms with van der Waals surface area (Å²) in [6.07, 6.45) is 8.94. The van der Waals surface area contributed by atoms with Crippen molar-refractivity contribution in [1.82, 2.24) is 10.6 Å². The lowest BCUT2D eigenvalue weighted by atomic mass is 9.76. The quantitative estimate of drug-likeness (QED) is 0.273. The highest BCUT2D eigenvalue weighted by Crippen LogP contribution is 2.54. The third-order valence-corrected chi connectivity index (χ3v) is 6.58. The summed E-state index contributed by atoms with van der Waals surface area (Å²) >= 11 is 0. The summed E-state index contributed by atoms with van der Waals surface area (Å²) in [6, 6.07) is 0. The molecule has 170 valence electrons. The van der Waals surface area contributed by atoms with Gasteiger partial charge in [0.25, 0.3) is 0 Å². The van der Waals surface area contributed by atoms with Gasteiger partial charge in [-0.05, 0) is 25.2 Å². The summed E-state index contributed by atoms with van der Waals surface area (Å²) < 4.78 is 11.9. The molecular formula is C22H36N2O6. The molecular weight excluding hydrogens is 388 g/mol. The Morgan fingerprint density at radius 3 is 2.17 bits per heavy atom. The van der Waals surface area contributed by atoms with E-state index in [1.165, 1.54) is 0 Å². The molecule has 0 unspecified atom stereocenters. The van der Waals surface area contributed by atoms with E-state index >= 15 is 0 Å². The Morgan fingerprint density at radius 2 is 1.43 bits per heavy atom. The first-order valence-corrected chi connectivity index (χ1v) is 11.6. The van der Waals surface area contributed by atoms with Gasteiger partial charge in [-0.15, -0.1) is 0 Å². The minimum atomic E-state index is -0.735. The van der Waals surface area contributed by atoms with E-state index in [0.29, 0.717) is 18.9 Å². The van der Waals surface area contributed by atoms with Crippen molar-refractivity contribution < 1.29 is 29.0 Å². The molecule has 0 aromatic carbocycles. The van der Waals surface area contributed by atoms with Crippen LogP contribution in [-0.2, 0) is 23.9 Å². The van der Waals surface area contributed by atoms with Crippen LogP contribution in [0.15, 0.2) is 0 Å². The van der Waals surface area contributed by atoms with Crippen molar-refractivity contribution in [3.05, 3.63) is 0 Å². The van der Waals surface area contributed by atoms with Crippen molar-refractivity contribution in [2.75, 3.05) is 13.1 Å². The van der Waals surface area contributed by atoms with Crippen LogP contribution >= 0.6 is 0 Å². The highest BCUT2D eigenvalue weighted by molar-refractivity contribution is 5.84. The Morgan fingerprint density at radius 1 is 0.767 bits per heavy atom. The number of aliphatic carboxylic acids is 1. The zero-order valence-corrected chi connectivity index (χ0v) is 17.9. The SMILES string of the molecule is CCCCCC(=O)NCC(=O)NC[C@@H]1[C@H](CCCCCCC(=O)O)[C@H]2O[C@@H]1[C@H]1O[C@H]12. The molecule has 30 heavy (non-hydrogen) atoms. The summed E-state index contributed by atoms with van der Waals surface area (Å²) in [5.41, 5.74) is 0. The number of epoxide rings is 1. The summed E-state index contributed by atoms with van der Waals surface area (Å²) in [5.74, 6) is -0.371. The van der Waals surface area contributed by atoms with Gasteiger partial charge in [-0.3, -0.25) is 14.4 Å². The number of fused-ring (bicyclic) bond motifs is 5. The van der Waals surface area contributed by atoms with Crippen molar-refractivity contribution >= 4 is 17.8 Å². The van der Waals surface area contributed by atoms with Crippen molar-refractivity contribution in [1.29, 1.82) is 0 Å². The summed E-state index contributed by atoms with van der Waals surface area (Å²) in [5, 5.41) is 14.4. The number of ether oxygens (including phenoxy) is 2. The zero-order valence-electron chi connectivity index (χ0n) is 17.9. The number of nitrogens with one attached hydrogen (secondary N) is 2. The topological polar surface area (TPSA) is 117 Å². The number of carboxylic acid groups (broad SMARTS) is 1. The van der Waals surface area contributed by atoms with Crippen molar-refractivity contribution in [2.45, 2.75) is 95.5 Å². The first kappa shape index (κ1) is 23.0. The Bertz CT molecular complexity index is 612. The fourth-order valence-corrected chi connectivity index (χ4v) is 4.93. The maximum Gasteiger partial charge on any atom is 0.303 e. The summed E-state index contributed by atoms with van der Waals surface area (Å²) in [4.78, 5) is 34.5. The van der Waals surface area contributed by atoms with Crippen LogP contribution in [0.25, 0.3) is 0 Å². The van der Waals surface area contributed by atoms with Crippen molar-refractivity contribution in [3.8, 4) is 0 Å². The van der Waals surface area contributed by atoms with E-state index in [9.17, 15) is 14.4 Å². The number of hydrogen-bond acceptors (Lipinski definition) is 5. The third-order valence-electron chi connectivity index (χ3n) is 6.58. The Hall–Kier alpha value is -1.67. The summed E-state index contributed by atoms with van der Waals surface area (Å²) in [7, 11) is 0. The maximum absolute atomic E-state index is 12.2. The minimum Gasteiger partial charge on any atom is -0.481 e. The normalized spacial score (nSPS) is 30.7. The monoisotopic (exact) mass is 424 g/mol. The van der Waals surface area contributed by atoms with E-state index in [-0.39, 0.29) is 55.1 Å². The Balaban J connectivity index is 1.35. The molecule has 2 bridgehead atoms. The number of carbonyl (C=O) groups excluding carboxylic acids is 2. The number of hydrogen-bond donors (Lipinski definition) is 3. The predicted octanol–water partition coefficient (Wildman–Crippen LogP) is 2.01. The van der Waals surface area contributed by atoms with Crippen molar-refractivity contribution in [3.63, 3.8) is 0 Å². The fourth-order valence-electron chi connectivity index (χ4n) is 4.93. The maximum atomic E-state index is 12.2. The molecule has 3 fully saturated rings. The number of unbranched alkanes of at least 4 members (excludes halogenated alkanes) is 5. The summed E-state index contributed by atoms with van der Waals surface area (Å²) in [6.45, 7) is 2.65. The van der Waals surface area contributed by atoms with Crippen LogP contribution < -0.4 is 10.6 Å². The molecule has 0 aliphatic carbocycles. The van der Waals surface area contributed by atoms with Gasteiger partial charge in [0, 0.05) is 25.3 Å². The Labute approximate surface area is 178 Å². The second-order valence-electron chi connectivity index (χ2n) is 8.84. The fraction of sp³-hybridized carbons (Fsp3) is 0.864. The van der Waals surface area contributed by atoms with E-state index in [4.69, 9.17) is 14.6 Å². The molecule has 0 saturated carbocycles. The number of amides is 2. The lowest BCUT2D eigenvalue weighted by Gasteiger charge is -2.26. The zero-order chi connectivity index (χ0) is 21.5. The molecule has 8 nitrogen and oxygen atoms in total. The average molecular weight is 425 g/mol. The van der Waals surface area contributed by atoms with Gasteiger partial charge >= 0.3 is 5.97 Å². The van der Waals surface area contributed by atoms with Crippen molar-refractivity contribution in [2.24, 2.45) is 11.8 Å². The largest absolute Gasteiger partial charge is 0.481 e. The van der Waals surface area contributed by atoms with Gasteiger partial charge < -0.3 is 25.2 Å². The lowest BCUT2D eigenvalue weighted by Crippen LogP contribution is -2.44. The van der Waals surface area contributed by atoms with Crippen LogP contribution in [0.4, 0.5) is 0 Å². The van der Waals surface area contributed by atoms with E-state index in [2.05, 4.69) is 17.6 Å². The molecule has 6 atom stereocenters. The molecule has 0 aromatic heterocycles. The van der Waals surface area contributed by atoms with Crippen LogP contribution in [-0.4, -0.2) is 60.4 Å². The molecule has 0 aromatic rings. The molecule has 3 saturated heterocycles. The van der Waals surface area contributed by atoms with E-state index in [1.54, 1.807) is 0 Å². The van der Waals surface area contributed by atoms with E-state index in [0.717, 1.165) is 51.4 Å². The third kappa shape index (κ3) is 6.17. The molecule has 3 N–H and O–H groups in total. The van der Waals surface area contributed by atoms with Crippen LogP contribution in [0.2, 0.25) is 0 Å². The molecule has 0 spiro atoms. The second-order valence-corrected chi connectivity index (χ2v) is 8.84. The van der Waals surface area contributed by atoms with Gasteiger partial charge in [-0.1, -0.05) is 39.0 Å². The number of rotatable bonds is 15. The van der Waals surface area contributed by atoms with Gasteiger partial charge in [0.15, 0.2) is 0 Å². The van der Waals surface area contributed by atoms with Gasteiger partial charge in [0.1, 0.15) is 12.2 Å². The first-order valence-electron chi connectivity index (χ1n) is 11.6. The highest BCUT2D eigenvalue weighted by atomic mass is 16.7. The predicted molar refractivity (Wildman–Crippen MR) is 110 cm³/mol. The average Bonchev–Trinajstić information content (AvgIpc) is 3.34. The molecule has 3 aliphatic heterocycles. The smallest absolute Gasteiger partial charge is 0.303 e. The Kier molecular flexibility index (Phi) is 8.50. The molecule has 0 radical (unpaired) electrons. The van der Waals surface area contributed by atoms with Gasteiger partial charge in [-0.25, -0.2) is 0 Å².